The number of carboxylic acid groups (broad SMARTS) is 3. The van der Waals surface area contributed by atoms with Gasteiger partial charge in [0.25, 0.3) is 0 Å². The van der Waals surface area contributed by atoms with Gasteiger partial charge in [0.2, 0.25) is 0 Å². The van der Waals surface area contributed by atoms with Gasteiger partial charge in [-0.25, -0.2) is 5.48 Å². The maximum absolute atomic E-state index is 10.3. The first-order valence-corrected chi connectivity index (χ1v) is 11.0. The van der Waals surface area contributed by atoms with Crippen LogP contribution in [0.4, 0.5) is 0 Å². The van der Waals surface area contributed by atoms with Crippen LogP contribution < -0.4 is 28.0 Å². The highest BCUT2D eigenvalue weighted by molar-refractivity contribution is 5.73. The van der Waals surface area contributed by atoms with Crippen LogP contribution in [0, 0.1) is 9.93 Å². The highest BCUT2D eigenvalue weighted by Crippen LogP contribution is 2.06. The normalized spacial score (nSPS) is 14.5. The first kappa shape index (κ1) is 47.8. The van der Waals surface area contributed by atoms with Gasteiger partial charge in [-0.1, -0.05) is 6.42 Å². The van der Waals surface area contributed by atoms with Gasteiger partial charge in [-0.2, -0.15) is 0 Å². The van der Waals surface area contributed by atoms with Gasteiger partial charge in [-0.15, -0.1) is 0 Å². The summed E-state index contributed by atoms with van der Waals surface area (Å²) in [5, 5.41) is 36.0. The summed E-state index contributed by atoms with van der Waals surface area (Å²) in [6.07, 6.45) is 5.02. The van der Waals surface area contributed by atoms with E-state index in [1.165, 1.54) is 0 Å². The molecule has 1 saturated heterocycles. The van der Waals surface area contributed by atoms with E-state index in [-0.39, 0.29) is 11.5 Å². The van der Waals surface area contributed by atoms with Gasteiger partial charge in [-0.05, 0) is 51.6 Å². The van der Waals surface area contributed by atoms with Crippen LogP contribution >= 0.6 is 0 Å². The van der Waals surface area contributed by atoms with E-state index in [0.717, 1.165) is 25.8 Å². The predicted molar refractivity (Wildman–Crippen MR) is 138 cm³/mol. The number of methoxy groups -OCH3 is 2. The number of hydrogen-bond donors (Lipinski definition) is 9. The summed E-state index contributed by atoms with van der Waals surface area (Å²) in [5.41, 5.74) is 17.3. The van der Waals surface area contributed by atoms with Crippen molar-refractivity contribution in [1.82, 2.24) is 10.8 Å². The Balaban J connectivity index is -0.0000000842. The number of piperidine rings is 1. The standard InChI is InChI=1S/C6H11NO2.C5H12N2O3.C5H12N2O2.2C2H6O.O2.H2O/c8-6(9)5-3-1-2-4-7-5;6-4(5(8)9)2-1-3-7-10;6-3-1-2-4(7)5(8)9;2*1-3-2;1-2;/h5,7H,1-4H2,(H,8,9);4,7,10H,1-3,6H2,(H,8,9);4H,1-3,6-7H2,(H,8,9);2*1-2H3;;1H2. The fourth-order valence-electron chi connectivity index (χ4n) is 2.05. The summed E-state index contributed by atoms with van der Waals surface area (Å²) in [6, 6.07) is -1.83. The minimum absolute atomic E-state index is 0. The molecule has 17 heteroatoms. The second-order valence-corrected chi connectivity index (χ2v) is 7.03. The van der Waals surface area contributed by atoms with Crippen molar-refractivity contribution in [3.8, 4) is 0 Å². The molecule has 3 atom stereocenters. The fraction of sp³-hybridized carbons (Fsp3) is 0.850. The zero-order valence-corrected chi connectivity index (χ0v) is 22.2. The first-order chi connectivity index (χ1) is 17.0. The summed E-state index contributed by atoms with van der Waals surface area (Å²) in [5.74, 6) is -2.67. The number of nitrogens with two attached hydrogens (primary N) is 3. The molecule has 14 N–H and O–H groups in total. The number of rotatable bonds is 10. The average molecular weight is 552 g/mol. The molecule has 0 aliphatic carbocycles. The molecule has 17 nitrogen and oxygen atoms in total. The molecule has 0 aromatic rings. The van der Waals surface area contributed by atoms with Crippen LogP contribution in [0.25, 0.3) is 0 Å². The van der Waals surface area contributed by atoms with Crippen LogP contribution in [0.3, 0.4) is 0 Å². The minimum Gasteiger partial charge on any atom is -0.480 e. The van der Waals surface area contributed by atoms with Gasteiger partial charge < -0.3 is 58.0 Å². The van der Waals surface area contributed by atoms with E-state index in [1.807, 2.05) is 5.48 Å². The molecule has 1 rings (SSSR count). The molecule has 1 fully saturated rings. The summed E-state index contributed by atoms with van der Waals surface area (Å²) >= 11 is 0. The lowest BCUT2D eigenvalue weighted by Gasteiger charge is -2.18. The molecule has 3 unspecified atom stereocenters. The third kappa shape index (κ3) is 47.5. The Kier molecular flexibility index (Phi) is 52.7. The molecule has 1 aliphatic rings. The van der Waals surface area contributed by atoms with Gasteiger partial charge in [0, 0.05) is 44.9 Å². The van der Waals surface area contributed by atoms with E-state index in [1.54, 1.807) is 28.4 Å². The van der Waals surface area contributed by atoms with Crippen LogP contribution in [0.2, 0.25) is 0 Å². The second-order valence-electron chi connectivity index (χ2n) is 7.03. The van der Waals surface area contributed by atoms with Crippen LogP contribution in [-0.4, -0.2) is 110 Å². The molecule has 0 saturated carbocycles. The topological polar surface area (TPSA) is 318 Å². The van der Waals surface area contributed by atoms with E-state index in [4.69, 9.17) is 47.7 Å². The Labute approximate surface area is 217 Å². The second kappa shape index (κ2) is 40.8. The number of ether oxygens (including phenoxy) is 2. The third-order valence-electron chi connectivity index (χ3n) is 3.77. The number of carboxylic acids is 3. The van der Waals surface area contributed by atoms with Crippen molar-refractivity contribution in [2.24, 2.45) is 17.2 Å². The zero-order chi connectivity index (χ0) is 29.4. The van der Waals surface area contributed by atoms with Crippen molar-refractivity contribution in [2.75, 3.05) is 48.1 Å². The van der Waals surface area contributed by atoms with Gasteiger partial charge in [0.15, 0.2) is 0 Å². The lowest BCUT2D eigenvalue weighted by atomic mass is 10.1. The van der Waals surface area contributed by atoms with Gasteiger partial charge in [-0.3, -0.25) is 14.4 Å². The fourth-order valence-corrected chi connectivity index (χ4v) is 2.05. The Morgan fingerprint density at radius 2 is 1.32 bits per heavy atom. The molecule has 0 aromatic heterocycles. The highest BCUT2D eigenvalue weighted by Gasteiger charge is 2.18. The molecular weight excluding hydrogens is 502 g/mol. The number of carbonyl (C=O) groups is 3. The van der Waals surface area contributed by atoms with Crippen molar-refractivity contribution in [2.45, 2.75) is 63.1 Å². The largest absolute Gasteiger partial charge is 0.480 e. The zero-order valence-electron chi connectivity index (χ0n) is 22.2. The number of aliphatic carboxylic acids is 3. The molecule has 0 amide bonds. The molecule has 37 heavy (non-hydrogen) atoms. The molecule has 0 spiro atoms. The van der Waals surface area contributed by atoms with Crippen molar-refractivity contribution < 1.29 is 49.9 Å². The Hall–Kier alpha value is -2.35. The molecule has 226 valence electrons. The maximum Gasteiger partial charge on any atom is 0.320 e. The summed E-state index contributed by atoms with van der Waals surface area (Å²) < 4.78 is 8.50. The lowest BCUT2D eigenvalue weighted by molar-refractivity contribution is -0.140. The number of hydroxylamine groups is 1. The van der Waals surface area contributed by atoms with Gasteiger partial charge >= 0.3 is 17.9 Å². The van der Waals surface area contributed by atoms with Crippen molar-refractivity contribution in [3.63, 3.8) is 0 Å². The molecule has 0 radical (unpaired) electrons. The maximum atomic E-state index is 10.3. The quantitative estimate of drug-likeness (QED) is 0.107. The van der Waals surface area contributed by atoms with Gasteiger partial charge in [0.05, 0.1) is 0 Å². The molecule has 1 heterocycles. The van der Waals surface area contributed by atoms with Crippen molar-refractivity contribution in [3.05, 3.63) is 9.93 Å². The molecule has 1 aliphatic heterocycles. The van der Waals surface area contributed by atoms with Crippen LogP contribution in [-0.2, 0) is 23.9 Å². The number of hydrogen-bond acceptors (Lipinski definition) is 13. The first-order valence-electron chi connectivity index (χ1n) is 11.0. The monoisotopic (exact) mass is 551 g/mol. The predicted octanol–water partition coefficient (Wildman–Crippen LogP) is -1.72. The van der Waals surface area contributed by atoms with E-state index in [9.17, 15) is 14.4 Å². The van der Waals surface area contributed by atoms with Gasteiger partial charge in [0.1, 0.15) is 18.1 Å². The summed E-state index contributed by atoms with van der Waals surface area (Å²) in [4.78, 5) is 44.4. The van der Waals surface area contributed by atoms with E-state index in [0.29, 0.717) is 38.8 Å². The van der Waals surface area contributed by atoms with Crippen LogP contribution in [0.15, 0.2) is 0 Å². The average Bonchev–Trinajstić information content (AvgIpc) is 2.86. The molecular formula is C20H49N5O12. The van der Waals surface area contributed by atoms with Crippen molar-refractivity contribution >= 4 is 17.9 Å². The number of nitrogens with one attached hydrogen (secondary N) is 2. The molecule has 0 bridgehead atoms. The van der Waals surface area contributed by atoms with Crippen LogP contribution in [0.5, 0.6) is 0 Å². The minimum atomic E-state index is -1.00. The molecule has 0 aromatic carbocycles. The third-order valence-corrected chi connectivity index (χ3v) is 3.77. The highest BCUT2D eigenvalue weighted by atomic mass is 16.7. The van der Waals surface area contributed by atoms with E-state index >= 15 is 0 Å². The Morgan fingerprint density at radius 1 is 0.919 bits per heavy atom. The smallest absolute Gasteiger partial charge is 0.320 e. The van der Waals surface area contributed by atoms with E-state index in [2.05, 4.69) is 14.8 Å². The lowest BCUT2D eigenvalue weighted by Crippen LogP contribution is -2.40. The van der Waals surface area contributed by atoms with Crippen molar-refractivity contribution in [1.29, 1.82) is 0 Å². The summed E-state index contributed by atoms with van der Waals surface area (Å²) in [7, 11) is 6.50. The Morgan fingerprint density at radius 3 is 1.57 bits per heavy atom. The Bertz CT molecular complexity index is 485. The summed E-state index contributed by atoms with van der Waals surface area (Å²) in [6.45, 7) is 1.74. The SMILES string of the molecule is COC.COC.NC(CCCNO)C(=O)O.NCCCC(N)C(=O)O.O.O=C(O)C1CCCCN1.O=O. The van der Waals surface area contributed by atoms with Crippen LogP contribution in [0.1, 0.15) is 44.9 Å². The van der Waals surface area contributed by atoms with E-state index < -0.39 is 30.0 Å².